The molecule has 4 heteroatoms. The molecule has 0 bridgehead atoms. The molecular formula is C19H24FNO2. The van der Waals surface area contributed by atoms with Crippen LogP contribution in [0.25, 0.3) is 0 Å². The Morgan fingerprint density at radius 2 is 2.00 bits per heavy atom. The summed E-state index contributed by atoms with van der Waals surface area (Å²) in [7, 11) is 2.00. The molecule has 1 fully saturated rings. The number of ketones is 1. The zero-order valence-electron chi connectivity index (χ0n) is 13.5. The third-order valence-corrected chi connectivity index (χ3v) is 5.19. The highest BCUT2D eigenvalue weighted by Crippen LogP contribution is 2.37. The van der Waals surface area contributed by atoms with Gasteiger partial charge in [0.25, 0.3) is 0 Å². The minimum atomic E-state index is -0.856. The third kappa shape index (κ3) is 3.81. The van der Waals surface area contributed by atoms with E-state index in [1.54, 1.807) is 18.2 Å². The van der Waals surface area contributed by atoms with Gasteiger partial charge in [-0.05, 0) is 48.8 Å². The van der Waals surface area contributed by atoms with Crippen molar-refractivity contribution < 1.29 is 14.3 Å². The first-order valence-electron chi connectivity index (χ1n) is 8.42. The lowest BCUT2D eigenvalue weighted by atomic mass is 9.78. The second-order valence-corrected chi connectivity index (χ2v) is 6.92. The van der Waals surface area contributed by atoms with E-state index >= 15 is 0 Å². The van der Waals surface area contributed by atoms with Crippen LogP contribution in [0.15, 0.2) is 36.0 Å². The molecule has 0 amide bonds. The van der Waals surface area contributed by atoms with Crippen molar-refractivity contribution in [3.63, 3.8) is 0 Å². The lowest BCUT2D eigenvalue weighted by Crippen LogP contribution is -2.28. The van der Waals surface area contributed by atoms with Crippen LogP contribution in [-0.2, 0) is 4.79 Å². The maximum atomic E-state index is 13.1. The number of rotatable bonds is 4. The fraction of sp³-hybridized carbons (Fsp3) is 0.526. The van der Waals surface area contributed by atoms with Crippen molar-refractivity contribution in [1.82, 2.24) is 4.90 Å². The molecule has 3 unspecified atom stereocenters. The molecule has 3 nitrogen and oxygen atoms in total. The van der Waals surface area contributed by atoms with Crippen LogP contribution in [0, 0.1) is 11.7 Å². The Labute approximate surface area is 136 Å². The smallest absolute Gasteiger partial charge is 0.186 e. The molecular weight excluding hydrogens is 293 g/mol. The second-order valence-electron chi connectivity index (χ2n) is 6.92. The number of benzene rings is 1. The average molecular weight is 317 g/mol. The monoisotopic (exact) mass is 317 g/mol. The largest absolute Gasteiger partial charge is 0.385 e. The van der Waals surface area contributed by atoms with Crippen molar-refractivity contribution in [2.75, 3.05) is 13.6 Å². The van der Waals surface area contributed by atoms with Gasteiger partial charge in [0.1, 0.15) is 11.9 Å². The highest BCUT2D eigenvalue weighted by atomic mass is 19.1. The Bertz CT molecular complexity index is 596. The Balaban J connectivity index is 1.59. The van der Waals surface area contributed by atoms with Crippen LogP contribution in [0.4, 0.5) is 4.39 Å². The van der Waals surface area contributed by atoms with Crippen LogP contribution in [-0.4, -0.2) is 35.5 Å². The minimum Gasteiger partial charge on any atom is -0.385 e. The third-order valence-electron chi connectivity index (χ3n) is 5.19. The Kier molecular flexibility index (Phi) is 4.81. The van der Waals surface area contributed by atoms with Gasteiger partial charge >= 0.3 is 0 Å². The summed E-state index contributed by atoms with van der Waals surface area (Å²) in [6, 6.07) is 6.89. The Morgan fingerprint density at radius 3 is 2.65 bits per heavy atom. The fourth-order valence-corrected chi connectivity index (χ4v) is 3.88. The number of nitrogens with zero attached hydrogens (tertiary/aromatic N) is 1. The maximum Gasteiger partial charge on any atom is 0.186 e. The summed E-state index contributed by atoms with van der Waals surface area (Å²) < 4.78 is 13.1. The lowest BCUT2D eigenvalue weighted by molar-refractivity contribution is -0.121. The molecule has 1 saturated carbocycles. The number of carbonyl (C=O) groups excluding carboxylic acids is 1. The highest BCUT2D eigenvalue weighted by Gasteiger charge is 2.28. The molecule has 3 atom stereocenters. The zero-order valence-corrected chi connectivity index (χ0v) is 13.5. The summed E-state index contributed by atoms with van der Waals surface area (Å²) in [5, 5.41) is 9.58. The summed E-state index contributed by atoms with van der Waals surface area (Å²) in [6.07, 6.45) is 5.78. The summed E-state index contributed by atoms with van der Waals surface area (Å²) in [5.74, 6) is 0.696. The van der Waals surface area contributed by atoms with Gasteiger partial charge < -0.3 is 10.0 Å². The van der Waals surface area contributed by atoms with Crippen LogP contribution in [0.5, 0.6) is 0 Å². The molecule has 1 N–H and O–H groups in total. The standard InChI is InChI=1S/C19H24FNO2/c1-21(17-10-18(22)19(23)11-17)12-13-3-2-4-15(9-13)14-5-7-16(20)8-6-14/h5-8,10,13,15,19,23H,2-4,9,11-12H2,1H3. The summed E-state index contributed by atoms with van der Waals surface area (Å²) in [6.45, 7) is 0.906. The van der Waals surface area contributed by atoms with Gasteiger partial charge in [0.05, 0.1) is 0 Å². The maximum absolute atomic E-state index is 13.1. The van der Waals surface area contributed by atoms with Crippen molar-refractivity contribution in [2.24, 2.45) is 5.92 Å². The lowest BCUT2D eigenvalue weighted by Gasteiger charge is -2.33. The van der Waals surface area contributed by atoms with E-state index in [-0.39, 0.29) is 11.6 Å². The quantitative estimate of drug-likeness (QED) is 0.927. The molecule has 0 saturated heterocycles. The van der Waals surface area contributed by atoms with E-state index in [0.717, 1.165) is 25.1 Å². The molecule has 1 aromatic carbocycles. The normalized spacial score (nSPS) is 27.9. The first-order valence-corrected chi connectivity index (χ1v) is 8.42. The molecule has 0 aromatic heterocycles. The molecule has 0 spiro atoms. The Morgan fingerprint density at radius 1 is 1.26 bits per heavy atom. The van der Waals surface area contributed by atoms with E-state index in [9.17, 15) is 14.3 Å². The van der Waals surface area contributed by atoms with Crippen LogP contribution in [0.3, 0.4) is 0 Å². The van der Waals surface area contributed by atoms with Gasteiger partial charge in [0.15, 0.2) is 5.78 Å². The van der Waals surface area contributed by atoms with Crippen LogP contribution < -0.4 is 0 Å². The first kappa shape index (κ1) is 16.2. The number of hydrogen-bond acceptors (Lipinski definition) is 3. The SMILES string of the molecule is CN(CC1CCCC(c2ccc(F)cc2)C1)C1=CC(=O)C(O)C1. The number of halogens is 1. The molecule has 2 aliphatic rings. The summed E-state index contributed by atoms with van der Waals surface area (Å²) in [4.78, 5) is 13.6. The van der Waals surface area contributed by atoms with Crippen molar-refractivity contribution >= 4 is 5.78 Å². The summed E-state index contributed by atoms with van der Waals surface area (Å²) in [5.41, 5.74) is 2.16. The number of aliphatic hydroxyl groups excluding tert-OH is 1. The van der Waals surface area contributed by atoms with E-state index in [4.69, 9.17) is 0 Å². The van der Waals surface area contributed by atoms with Crippen molar-refractivity contribution in [3.8, 4) is 0 Å². The van der Waals surface area contributed by atoms with Crippen molar-refractivity contribution in [1.29, 1.82) is 0 Å². The van der Waals surface area contributed by atoms with Gasteiger partial charge in [0.2, 0.25) is 0 Å². The molecule has 2 aliphatic carbocycles. The van der Waals surface area contributed by atoms with E-state index in [1.807, 2.05) is 19.2 Å². The predicted octanol–water partition coefficient (Wildman–Crippen LogP) is 3.25. The van der Waals surface area contributed by atoms with Gasteiger partial charge in [-0.15, -0.1) is 0 Å². The van der Waals surface area contributed by atoms with Crippen LogP contribution in [0.2, 0.25) is 0 Å². The highest BCUT2D eigenvalue weighted by molar-refractivity contribution is 5.96. The van der Waals surface area contributed by atoms with Gasteiger partial charge in [-0.25, -0.2) is 4.39 Å². The molecule has 0 radical (unpaired) electrons. The molecule has 1 aromatic rings. The topological polar surface area (TPSA) is 40.5 Å². The van der Waals surface area contributed by atoms with Crippen LogP contribution >= 0.6 is 0 Å². The van der Waals surface area contributed by atoms with Gasteiger partial charge in [0, 0.05) is 31.8 Å². The predicted molar refractivity (Wildman–Crippen MR) is 87.4 cm³/mol. The molecule has 124 valence electrons. The summed E-state index contributed by atoms with van der Waals surface area (Å²) >= 11 is 0. The zero-order chi connectivity index (χ0) is 16.4. The van der Waals surface area contributed by atoms with Gasteiger partial charge in [-0.3, -0.25) is 4.79 Å². The van der Waals surface area contributed by atoms with E-state index in [0.29, 0.717) is 18.3 Å². The van der Waals surface area contributed by atoms with Gasteiger partial charge in [-0.2, -0.15) is 0 Å². The molecule has 3 rings (SSSR count). The average Bonchev–Trinajstić information content (AvgIpc) is 2.88. The molecule has 23 heavy (non-hydrogen) atoms. The van der Waals surface area contributed by atoms with E-state index in [2.05, 4.69) is 4.90 Å². The fourth-order valence-electron chi connectivity index (χ4n) is 3.88. The van der Waals surface area contributed by atoms with E-state index < -0.39 is 6.10 Å². The van der Waals surface area contributed by atoms with Crippen molar-refractivity contribution in [3.05, 3.63) is 47.4 Å². The number of aliphatic hydroxyl groups is 1. The van der Waals surface area contributed by atoms with E-state index in [1.165, 1.54) is 18.4 Å². The Hall–Kier alpha value is -1.68. The molecule has 0 aliphatic heterocycles. The number of hydrogen-bond donors (Lipinski definition) is 1. The minimum absolute atomic E-state index is 0.181. The second kappa shape index (κ2) is 6.83. The van der Waals surface area contributed by atoms with Crippen molar-refractivity contribution in [2.45, 2.75) is 44.1 Å². The van der Waals surface area contributed by atoms with Gasteiger partial charge in [-0.1, -0.05) is 18.6 Å². The molecule has 0 heterocycles. The van der Waals surface area contributed by atoms with Crippen LogP contribution in [0.1, 0.15) is 43.6 Å². The number of carbonyl (C=O) groups is 1. The first-order chi connectivity index (χ1) is 11.0.